The number of nitrogens with zero attached hydrogens (tertiary/aromatic N) is 4. The molecule has 0 unspecified atom stereocenters. The first-order valence-electron chi connectivity index (χ1n) is 3.87. The van der Waals surface area contributed by atoms with Crippen molar-refractivity contribution in [2.24, 2.45) is 0 Å². The van der Waals surface area contributed by atoms with Crippen LogP contribution < -0.4 is 5.32 Å². The van der Waals surface area contributed by atoms with Crippen molar-refractivity contribution in [1.29, 1.82) is 5.26 Å². The van der Waals surface area contributed by atoms with Gasteiger partial charge in [-0.2, -0.15) is 10.4 Å². The van der Waals surface area contributed by atoms with Gasteiger partial charge in [0, 0.05) is 6.07 Å². The van der Waals surface area contributed by atoms with Crippen LogP contribution in [0.15, 0.2) is 24.7 Å². The smallest absolute Gasteiger partial charge is 0.158 e. The molecule has 0 aromatic carbocycles. The molecule has 2 rings (SSSR count). The molecule has 2 aromatic heterocycles. The first-order chi connectivity index (χ1) is 6.88. The predicted molar refractivity (Wildman–Crippen MR) is 48.6 cm³/mol. The monoisotopic (exact) mass is 186 g/mol. The summed E-state index contributed by atoms with van der Waals surface area (Å²) >= 11 is 0. The average Bonchev–Trinajstić information content (AvgIpc) is 2.72. The maximum absolute atomic E-state index is 8.50. The van der Waals surface area contributed by atoms with Gasteiger partial charge >= 0.3 is 0 Å². The van der Waals surface area contributed by atoms with Gasteiger partial charge in [0.05, 0.1) is 18.6 Å². The molecule has 0 bridgehead atoms. The van der Waals surface area contributed by atoms with E-state index in [0.717, 1.165) is 5.82 Å². The molecule has 0 spiro atoms. The van der Waals surface area contributed by atoms with Crippen molar-refractivity contribution in [2.75, 3.05) is 5.32 Å². The van der Waals surface area contributed by atoms with E-state index < -0.39 is 0 Å². The van der Waals surface area contributed by atoms with Gasteiger partial charge in [-0.15, -0.1) is 0 Å². The van der Waals surface area contributed by atoms with Gasteiger partial charge in [0.1, 0.15) is 17.7 Å². The highest BCUT2D eigenvalue weighted by Crippen LogP contribution is 2.08. The fourth-order valence-corrected chi connectivity index (χ4v) is 0.914. The zero-order chi connectivity index (χ0) is 9.80. The van der Waals surface area contributed by atoms with Gasteiger partial charge in [0.25, 0.3) is 0 Å². The van der Waals surface area contributed by atoms with Gasteiger partial charge in [-0.25, -0.2) is 9.97 Å². The summed E-state index contributed by atoms with van der Waals surface area (Å²) in [4.78, 5) is 7.84. The summed E-state index contributed by atoms with van der Waals surface area (Å²) in [7, 11) is 0. The molecule has 2 aromatic rings. The maximum atomic E-state index is 8.50. The molecular weight excluding hydrogens is 180 g/mol. The number of nitrogens with one attached hydrogen (secondary N) is 2. The number of hydrogen-bond acceptors (Lipinski definition) is 5. The third-order valence-electron chi connectivity index (χ3n) is 1.53. The lowest BCUT2D eigenvalue weighted by Gasteiger charge is -2.00. The van der Waals surface area contributed by atoms with E-state index in [1.54, 1.807) is 12.3 Å². The second-order valence-electron chi connectivity index (χ2n) is 2.49. The molecule has 0 fully saturated rings. The minimum atomic E-state index is 0.292. The topological polar surface area (TPSA) is 90.3 Å². The molecule has 0 aliphatic rings. The van der Waals surface area contributed by atoms with E-state index in [1.165, 1.54) is 12.4 Å². The predicted octanol–water partition coefficient (Wildman–Crippen LogP) is 0.815. The summed E-state index contributed by atoms with van der Waals surface area (Å²) in [6, 6.07) is 3.66. The van der Waals surface area contributed by atoms with Crippen molar-refractivity contribution in [1.82, 2.24) is 20.2 Å². The molecule has 68 valence electrons. The van der Waals surface area contributed by atoms with E-state index in [1.807, 2.05) is 6.07 Å². The zero-order valence-electron chi connectivity index (χ0n) is 7.10. The lowest BCUT2D eigenvalue weighted by Crippen LogP contribution is -1.95. The molecule has 0 aliphatic carbocycles. The summed E-state index contributed by atoms with van der Waals surface area (Å²) < 4.78 is 0. The minimum Gasteiger partial charge on any atom is -0.324 e. The lowest BCUT2D eigenvalue weighted by molar-refractivity contribution is 1.08. The third kappa shape index (κ3) is 1.67. The number of rotatable bonds is 2. The third-order valence-corrected chi connectivity index (χ3v) is 1.53. The lowest BCUT2D eigenvalue weighted by atomic mass is 10.5. The van der Waals surface area contributed by atoms with Crippen LogP contribution in [0.3, 0.4) is 0 Å². The largest absolute Gasteiger partial charge is 0.324 e. The van der Waals surface area contributed by atoms with E-state index >= 15 is 0 Å². The number of anilines is 2. The Morgan fingerprint density at radius 3 is 2.86 bits per heavy atom. The molecule has 6 nitrogen and oxygen atoms in total. The van der Waals surface area contributed by atoms with Crippen LogP contribution in [0.2, 0.25) is 0 Å². The van der Waals surface area contributed by atoms with Crippen LogP contribution >= 0.6 is 0 Å². The minimum absolute atomic E-state index is 0.292. The Labute approximate surface area is 79.6 Å². The number of aromatic amines is 1. The Bertz CT molecular complexity index is 438. The van der Waals surface area contributed by atoms with E-state index in [2.05, 4.69) is 25.5 Å². The Kier molecular flexibility index (Phi) is 2.07. The summed E-state index contributed by atoms with van der Waals surface area (Å²) in [6.07, 6.45) is 4.51. The molecule has 2 N–H and O–H groups in total. The van der Waals surface area contributed by atoms with Crippen molar-refractivity contribution in [2.45, 2.75) is 0 Å². The van der Waals surface area contributed by atoms with Crippen LogP contribution in [-0.4, -0.2) is 20.2 Å². The average molecular weight is 186 g/mol. The van der Waals surface area contributed by atoms with Gasteiger partial charge in [-0.05, 0) is 0 Å². The molecule has 0 amide bonds. The molecule has 0 saturated carbocycles. The van der Waals surface area contributed by atoms with Crippen LogP contribution in [0.5, 0.6) is 0 Å². The van der Waals surface area contributed by atoms with Crippen molar-refractivity contribution in [3.05, 3.63) is 30.4 Å². The number of hydrogen-bond donors (Lipinski definition) is 2. The van der Waals surface area contributed by atoms with Crippen LogP contribution in [0.4, 0.5) is 11.6 Å². The van der Waals surface area contributed by atoms with Crippen LogP contribution in [0.25, 0.3) is 0 Å². The number of nitriles is 1. The summed E-state index contributed by atoms with van der Waals surface area (Å²) in [5.74, 6) is 1.29. The van der Waals surface area contributed by atoms with Crippen molar-refractivity contribution in [3.63, 3.8) is 0 Å². The second-order valence-corrected chi connectivity index (χ2v) is 2.49. The molecule has 14 heavy (non-hydrogen) atoms. The first kappa shape index (κ1) is 8.19. The molecule has 0 atom stereocenters. The van der Waals surface area contributed by atoms with E-state index in [0.29, 0.717) is 11.5 Å². The standard InChI is InChI=1S/C8H6N6/c9-3-6-4-11-8(5-10-6)13-7-1-2-12-14-7/h1-2,4-5H,(H2,11,12,13,14). The summed E-state index contributed by atoms with van der Waals surface area (Å²) in [6.45, 7) is 0. The van der Waals surface area contributed by atoms with Gasteiger partial charge < -0.3 is 5.32 Å². The van der Waals surface area contributed by atoms with Crippen LogP contribution in [0.1, 0.15) is 5.69 Å². The van der Waals surface area contributed by atoms with Gasteiger partial charge in [0.2, 0.25) is 0 Å². The van der Waals surface area contributed by atoms with Crippen LogP contribution in [0, 0.1) is 11.3 Å². The van der Waals surface area contributed by atoms with Gasteiger partial charge in [-0.1, -0.05) is 0 Å². The fraction of sp³-hybridized carbons (Fsp3) is 0. The normalized spacial score (nSPS) is 9.36. The van der Waals surface area contributed by atoms with E-state index in [4.69, 9.17) is 5.26 Å². The molecular formula is C8H6N6. The zero-order valence-corrected chi connectivity index (χ0v) is 7.10. The SMILES string of the molecule is N#Cc1cnc(Nc2ccn[nH]2)cn1. The highest BCUT2D eigenvalue weighted by molar-refractivity contribution is 5.49. The van der Waals surface area contributed by atoms with Gasteiger partial charge in [-0.3, -0.25) is 5.10 Å². The van der Waals surface area contributed by atoms with E-state index in [9.17, 15) is 0 Å². The second kappa shape index (κ2) is 3.53. The van der Waals surface area contributed by atoms with Crippen molar-refractivity contribution in [3.8, 4) is 6.07 Å². The fourth-order valence-electron chi connectivity index (χ4n) is 0.914. The number of H-pyrrole nitrogens is 1. The van der Waals surface area contributed by atoms with Crippen molar-refractivity contribution >= 4 is 11.6 Å². The Balaban J connectivity index is 2.15. The Morgan fingerprint density at radius 2 is 2.29 bits per heavy atom. The Hall–Kier alpha value is -2.42. The highest BCUT2D eigenvalue weighted by Gasteiger charge is 1.97. The maximum Gasteiger partial charge on any atom is 0.158 e. The Morgan fingerprint density at radius 1 is 1.36 bits per heavy atom. The summed E-state index contributed by atoms with van der Waals surface area (Å²) in [5, 5.41) is 17.9. The molecule has 6 heteroatoms. The molecule has 0 saturated heterocycles. The van der Waals surface area contributed by atoms with Crippen LogP contribution in [-0.2, 0) is 0 Å². The first-order valence-corrected chi connectivity index (χ1v) is 3.87. The van der Waals surface area contributed by atoms with Crippen molar-refractivity contribution < 1.29 is 0 Å². The highest BCUT2D eigenvalue weighted by atomic mass is 15.2. The van der Waals surface area contributed by atoms with E-state index in [-0.39, 0.29) is 0 Å². The summed E-state index contributed by atoms with van der Waals surface area (Å²) in [5.41, 5.74) is 0.292. The quantitative estimate of drug-likeness (QED) is 0.724. The van der Waals surface area contributed by atoms with Gasteiger partial charge in [0.15, 0.2) is 5.69 Å². The molecule has 2 heterocycles. The number of aromatic nitrogens is 4. The molecule has 0 radical (unpaired) electrons. The molecule has 0 aliphatic heterocycles.